The Morgan fingerprint density at radius 3 is 3.09 bits per heavy atom. The molecule has 1 aliphatic heterocycles. The molecule has 0 aliphatic carbocycles. The summed E-state index contributed by atoms with van der Waals surface area (Å²) >= 11 is 1.02. The van der Waals surface area contributed by atoms with Gasteiger partial charge in [0.25, 0.3) is 5.69 Å². The van der Waals surface area contributed by atoms with Gasteiger partial charge in [0.1, 0.15) is 5.82 Å². The number of hydrogen-bond acceptors (Lipinski definition) is 7. The molecule has 1 saturated heterocycles. The fraction of sp³-hybridized carbons (Fsp3) is 0.417. The zero-order valence-corrected chi connectivity index (χ0v) is 12.2. The molecule has 0 spiro atoms. The molecule has 1 aromatic heterocycles. The Bertz CT molecular complexity index is 689. The van der Waals surface area contributed by atoms with Crippen molar-refractivity contribution in [2.75, 3.05) is 6.61 Å². The number of rotatable bonds is 5. The Morgan fingerprint density at radius 2 is 2.41 bits per heavy atom. The van der Waals surface area contributed by atoms with Gasteiger partial charge < -0.3 is 4.74 Å². The first-order valence-electron chi connectivity index (χ1n) is 6.63. The predicted molar refractivity (Wildman–Crippen MR) is 74.0 cm³/mol. The highest BCUT2D eigenvalue weighted by Crippen LogP contribution is 2.30. The zero-order valence-electron chi connectivity index (χ0n) is 11.4. The van der Waals surface area contributed by atoms with E-state index >= 15 is 0 Å². The van der Waals surface area contributed by atoms with Crippen LogP contribution in [0.4, 0.5) is 10.1 Å². The summed E-state index contributed by atoms with van der Waals surface area (Å²) in [4.78, 5) is 10.2. The van der Waals surface area contributed by atoms with E-state index < -0.39 is 10.7 Å². The highest BCUT2D eigenvalue weighted by Gasteiger charge is 2.20. The van der Waals surface area contributed by atoms with E-state index in [1.807, 2.05) is 0 Å². The summed E-state index contributed by atoms with van der Waals surface area (Å²) in [6.45, 7) is 1.23. The third-order valence-electron chi connectivity index (χ3n) is 3.23. The fourth-order valence-corrected chi connectivity index (χ4v) is 2.93. The van der Waals surface area contributed by atoms with E-state index in [0.29, 0.717) is 11.7 Å². The number of tetrazole rings is 1. The topological polar surface area (TPSA) is 96.0 Å². The molecular weight excluding hydrogens is 313 g/mol. The minimum atomic E-state index is -0.675. The molecule has 22 heavy (non-hydrogen) atoms. The molecule has 0 bridgehead atoms. The molecule has 1 aromatic carbocycles. The first kappa shape index (κ1) is 14.9. The maximum absolute atomic E-state index is 13.9. The number of nitro groups is 1. The molecule has 116 valence electrons. The van der Waals surface area contributed by atoms with Crippen molar-refractivity contribution in [3.63, 3.8) is 0 Å². The Balaban J connectivity index is 1.76. The van der Waals surface area contributed by atoms with E-state index in [1.54, 1.807) is 4.68 Å². The van der Waals surface area contributed by atoms with Crippen LogP contribution in [0.1, 0.15) is 12.8 Å². The summed E-state index contributed by atoms with van der Waals surface area (Å²) in [6.07, 6.45) is 2.01. The van der Waals surface area contributed by atoms with Crippen molar-refractivity contribution in [1.29, 1.82) is 0 Å². The molecule has 10 heteroatoms. The average molecular weight is 325 g/mol. The summed E-state index contributed by atoms with van der Waals surface area (Å²) in [5.74, 6) is -0.675. The first-order valence-corrected chi connectivity index (χ1v) is 7.44. The molecule has 3 rings (SSSR count). The second-order valence-corrected chi connectivity index (χ2v) is 5.76. The molecule has 0 amide bonds. The second kappa shape index (κ2) is 6.36. The van der Waals surface area contributed by atoms with Gasteiger partial charge in [-0.1, -0.05) is 0 Å². The number of halogens is 1. The number of nitrogens with zero attached hydrogens (tertiary/aromatic N) is 5. The van der Waals surface area contributed by atoms with E-state index in [-0.39, 0.29) is 16.7 Å². The van der Waals surface area contributed by atoms with Crippen molar-refractivity contribution in [1.82, 2.24) is 20.2 Å². The molecule has 1 atom stereocenters. The standard InChI is InChI=1S/C12H12FN5O3S/c13-10-6-8(18(19)20)3-4-11(10)22-12-14-15-16-17(12)7-9-2-1-5-21-9/h3-4,6,9H,1-2,5,7H2/t9-/m1/s1. The number of hydrogen-bond donors (Lipinski definition) is 0. The van der Waals surface area contributed by atoms with E-state index in [2.05, 4.69) is 15.5 Å². The van der Waals surface area contributed by atoms with Crippen LogP contribution in [0.2, 0.25) is 0 Å². The smallest absolute Gasteiger partial charge is 0.272 e. The Hall–Kier alpha value is -2.07. The lowest BCUT2D eigenvalue weighted by Crippen LogP contribution is -2.16. The molecule has 2 heterocycles. The molecule has 0 unspecified atom stereocenters. The Morgan fingerprint density at radius 1 is 1.55 bits per heavy atom. The zero-order chi connectivity index (χ0) is 15.5. The molecule has 0 saturated carbocycles. The Kier molecular flexibility index (Phi) is 4.29. The number of benzene rings is 1. The number of ether oxygens (including phenoxy) is 1. The molecule has 1 aliphatic rings. The van der Waals surface area contributed by atoms with Crippen LogP contribution in [0.25, 0.3) is 0 Å². The summed E-state index contributed by atoms with van der Waals surface area (Å²) in [7, 11) is 0. The second-order valence-electron chi connectivity index (χ2n) is 4.75. The third kappa shape index (κ3) is 3.22. The van der Waals surface area contributed by atoms with Gasteiger partial charge in [0.2, 0.25) is 5.16 Å². The SMILES string of the molecule is O=[N+]([O-])c1ccc(Sc2nnnn2C[C@H]2CCCO2)c(F)c1. The number of non-ortho nitro benzene ring substituents is 1. The van der Waals surface area contributed by atoms with Gasteiger partial charge in [-0.3, -0.25) is 10.1 Å². The van der Waals surface area contributed by atoms with Gasteiger partial charge in [-0.05, 0) is 41.1 Å². The highest BCUT2D eigenvalue weighted by molar-refractivity contribution is 7.99. The van der Waals surface area contributed by atoms with Gasteiger partial charge in [0.05, 0.1) is 28.5 Å². The van der Waals surface area contributed by atoms with Crippen LogP contribution in [0.15, 0.2) is 28.3 Å². The molecule has 1 fully saturated rings. The summed E-state index contributed by atoms with van der Waals surface area (Å²) in [5, 5.41) is 22.4. The van der Waals surface area contributed by atoms with Crippen LogP contribution >= 0.6 is 11.8 Å². The minimum absolute atomic E-state index is 0.0598. The molecular formula is C12H12FN5O3S. The van der Waals surface area contributed by atoms with E-state index in [1.165, 1.54) is 12.1 Å². The first-order chi connectivity index (χ1) is 10.6. The van der Waals surface area contributed by atoms with Crippen LogP contribution in [-0.2, 0) is 11.3 Å². The average Bonchev–Trinajstić information content (AvgIpc) is 3.14. The quantitative estimate of drug-likeness (QED) is 0.613. The van der Waals surface area contributed by atoms with Crippen molar-refractivity contribution in [3.05, 3.63) is 34.1 Å². The van der Waals surface area contributed by atoms with Crippen LogP contribution < -0.4 is 0 Å². The lowest BCUT2D eigenvalue weighted by atomic mass is 10.2. The molecule has 0 N–H and O–H groups in total. The van der Waals surface area contributed by atoms with Crippen LogP contribution in [0.5, 0.6) is 0 Å². The summed E-state index contributed by atoms with van der Waals surface area (Å²) in [5.41, 5.74) is -0.291. The van der Waals surface area contributed by atoms with Gasteiger partial charge in [0.15, 0.2) is 0 Å². The monoisotopic (exact) mass is 325 g/mol. The maximum Gasteiger partial charge on any atom is 0.272 e. The van der Waals surface area contributed by atoms with Gasteiger partial charge in [0, 0.05) is 12.7 Å². The van der Waals surface area contributed by atoms with Crippen molar-refractivity contribution >= 4 is 17.4 Å². The molecule has 2 aromatic rings. The largest absolute Gasteiger partial charge is 0.376 e. The third-order valence-corrected chi connectivity index (χ3v) is 4.25. The van der Waals surface area contributed by atoms with E-state index in [9.17, 15) is 14.5 Å². The van der Waals surface area contributed by atoms with Crippen molar-refractivity contribution < 1.29 is 14.1 Å². The van der Waals surface area contributed by atoms with Gasteiger partial charge in [-0.25, -0.2) is 9.07 Å². The van der Waals surface area contributed by atoms with Gasteiger partial charge >= 0.3 is 0 Å². The van der Waals surface area contributed by atoms with Crippen LogP contribution in [0.3, 0.4) is 0 Å². The highest BCUT2D eigenvalue weighted by atomic mass is 32.2. The van der Waals surface area contributed by atoms with Crippen LogP contribution in [-0.4, -0.2) is 37.8 Å². The van der Waals surface area contributed by atoms with Gasteiger partial charge in [-0.15, -0.1) is 5.10 Å². The van der Waals surface area contributed by atoms with Crippen LogP contribution in [0, 0.1) is 15.9 Å². The normalized spacial score (nSPS) is 17.8. The van der Waals surface area contributed by atoms with E-state index in [0.717, 1.165) is 37.3 Å². The number of nitro benzene ring substituents is 1. The van der Waals surface area contributed by atoms with Gasteiger partial charge in [-0.2, -0.15) is 0 Å². The fourth-order valence-electron chi connectivity index (χ4n) is 2.15. The lowest BCUT2D eigenvalue weighted by Gasteiger charge is -2.10. The molecule has 0 radical (unpaired) electrons. The summed E-state index contributed by atoms with van der Waals surface area (Å²) in [6, 6.07) is 3.49. The van der Waals surface area contributed by atoms with Crippen molar-refractivity contribution in [2.45, 2.75) is 35.5 Å². The maximum atomic E-state index is 13.9. The lowest BCUT2D eigenvalue weighted by molar-refractivity contribution is -0.385. The Labute approximate surface area is 128 Å². The number of aromatic nitrogens is 4. The summed E-state index contributed by atoms with van der Waals surface area (Å²) < 4.78 is 21.0. The molecule has 8 nitrogen and oxygen atoms in total. The minimum Gasteiger partial charge on any atom is -0.376 e. The van der Waals surface area contributed by atoms with Crippen molar-refractivity contribution in [2.24, 2.45) is 0 Å². The van der Waals surface area contributed by atoms with E-state index in [4.69, 9.17) is 4.74 Å². The predicted octanol–water partition coefficient (Wildman–Crippen LogP) is 2.05. The van der Waals surface area contributed by atoms with Crippen molar-refractivity contribution in [3.8, 4) is 0 Å².